The van der Waals surface area contributed by atoms with Gasteiger partial charge in [0.15, 0.2) is 0 Å². The second-order valence-corrected chi connectivity index (χ2v) is 6.24. The van der Waals surface area contributed by atoms with E-state index >= 15 is 0 Å². The Morgan fingerprint density at radius 2 is 1.71 bits per heavy atom. The van der Waals surface area contributed by atoms with Crippen LogP contribution in [0.15, 0.2) is 0 Å². The first-order chi connectivity index (χ1) is 7.90. The highest BCUT2D eigenvalue weighted by molar-refractivity contribution is 7.87. The van der Waals surface area contributed by atoms with Crippen molar-refractivity contribution in [2.45, 2.75) is 19.3 Å². The first-order valence-corrected chi connectivity index (χ1v) is 7.40. The minimum Gasteiger partial charge on any atom is -0.330 e. The number of rotatable bonds is 10. The van der Waals surface area contributed by atoms with Gasteiger partial charge in [-0.3, -0.25) is 0 Å². The van der Waals surface area contributed by atoms with Gasteiger partial charge < -0.3 is 10.6 Å². The molecule has 0 rings (SSSR count). The molecule has 0 radical (unpaired) electrons. The van der Waals surface area contributed by atoms with Crippen molar-refractivity contribution in [2.24, 2.45) is 5.73 Å². The van der Waals surface area contributed by atoms with Crippen molar-refractivity contribution < 1.29 is 8.42 Å². The molecule has 0 aliphatic heterocycles. The molecule has 17 heavy (non-hydrogen) atoms. The predicted molar refractivity (Wildman–Crippen MR) is 71.0 cm³/mol. The molecule has 0 fully saturated rings. The molecule has 0 aromatic rings. The quantitative estimate of drug-likeness (QED) is 0.520. The second kappa shape index (κ2) is 8.82. The molecule has 0 aromatic heterocycles. The average molecular weight is 266 g/mol. The van der Waals surface area contributed by atoms with Crippen LogP contribution in [-0.4, -0.2) is 64.9 Å². The van der Waals surface area contributed by atoms with Crippen LogP contribution in [0.25, 0.3) is 0 Å². The van der Waals surface area contributed by atoms with Crippen molar-refractivity contribution in [3.8, 4) is 0 Å². The van der Waals surface area contributed by atoms with Crippen molar-refractivity contribution >= 4 is 10.2 Å². The van der Waals surface area contributed by atoms with E-state index < -0.39 is 10.2 Å². The van der Waals surface area contributed by atoms with Crippen molar-refractivity contribution in [1.29, 1.82) is 0 Å². The van der Waals surface area contributed by atoms with Crippen LogP contribution in [-0.2, 0) is 10.2 Å². The molecule has 0 aliphatic carbocycles. The zero-order valence-electron chi connectivity index (χ0n) is 11.1. The molecule has 0 aliphatic rings. The smallest absolute Gasteiger partial charge is 0.279 e. The van der Waals surface area contributed by atoms with E-state index in [-0.39, 0.29) is 0 Å². The zero-order chi connectivity index (χ0) is 13.3. The third kappa shape index (κ3) is 8.50. The topological polar surface area (TPSA) is 78.7 Å². The zero-order valence-corrected chi connectivity index (χ0v) is 12.0. The summed E-state index contributed by atoms with van der Waals surface area (Å²) in [6.45, 7) is 2.43. The number of hydrogen-bond acceptors (Lipinski definition) is 4. The van der Waals surface area contributed by atoms with Crippen LogP contribution < -0.4 is 10.5 Å². The van der Waals surface area contributed by atoms with Gasteiger partial charge in [0, 0.05) is 20.1 Å². The Labute approximate surface area is 105 Å². The Morgan fingerprint density at radius 3 is 2.24 bits per heavy atom. The minimum absolute atomic E-state index is 0.462. The number of nitrogens with two attached hydrogens (primary N) is 1. The fraction of sp³-hybridized carbons (Fsp3) is 1.00. The average Bonchev–Trinajstić information content (AvgIpc) is 2.24. The maximum atomic E-state index is 11.7. The maximum absolute atomic E-state index is 11.7. The van der Waals surface area contributed by atoms with Crippen molar-refractivity contribution in [3.05, 3.63) is 0 Å². The van der Waals surface area contributed by atoms with E-state index in [9.17, 15) is 8.42 Å². The lowest BCUT2D eigenvalue weighted by Crippen LogP contribution is -2.39. The summed E-state index contributed by atoms with van der Waals surface area (Å²) in [4.78, 5) is 2.09. The van der Waals surface area contributed by atoms with Gasteiger partial charge in [0.2, 0.25) is 0 Å². The number of hydrogen-bond donors (Lipinski definition) is 2. The summed E-state index contributed by atoms with van der Waals surface area (Å²) < 4.78 is 27.3. The fourth-order valence-electron chi connectivity index (χ4n) is 1.30. The number of nitrogens with zero attached hydrogens (tertiary/aromatic N) is 2. The molecule has 6 nitrogen and oxygen atoms in total. The van der Waals surface area contributed by atoms with Gasteiger partial charge in [0.05, 0.1) is 0 Å². The molecule has 0 aromatic carbocycles. The molecule has 0 saturated carbocycles. The lowest BCUT2D eigenvalue weighted by molar-refractivity contribution is 0.393. The Balaban J connectivity index is 3.77. The summed E-state index contributed by atoms with van der Waals surface area (Å²) in [6, 6.07) is 0. The van der Waals surface area contributed by atoms with Gasteiger partial charge in [0.25, 0.3) is 10.2 Å². The third-order valence-electron chi connectivity index (χ3n) is 2.40. The highest BCUT2D eigenvalue weighted by atomic mass is 32.2. The van der Waals surface area contributed by atoms with Gasteiger partial charge in [0.1, 0.15) is 0 Å². The second-order valence-electron chi connectivity index (χ2n) is 4.37. The molecule has 0 bridgehead atoms. The van der Waals surface area contributed by atoms with Crippen molar-refractivity contribution in [3.63, 3.8) is 0 Å². The molecule has 0 amide bonds. The van der Waals surface area contributed by atoms with Crippen LogP contribution in [0, 0.1) is 0 Å². The third-order valence-corrected chi connectivity index (χ3v) is 3.98. The molecule has 0 heterocycles. The van der Waals surface area contributed by atoms with Gasteiger partial charge in [-0.1, -0.05) is 0 Å². The molecular formula is C10H26N4O2S. The van der Waals surface area contributed by atoms with Gasteiger partial charge in [-0.2, -0.15) is 12.7 Å². The van der Waals surface area contributed by atoms with E-state index in [0.29, 0.717) is 26.1 Å². The van der Waals surface area contributed by atoms with Gasteiger partial charge in [-0.15, -0.1) is 0 Å². The van der Waals surface area contributed by atoms with Crippen LogP contribution in [0.4, 0.5) is 0 Å². The molecule has 3 N–H and O–H groups in total. The maximum Gasteiger partial charge on any atom is 0.279 e. The van der Waals surface area contributed by atoms with E-state index in [4.69, 9.17) is 5.73 Å². The molecule has 0 spiro atoms. The SMILES string of the molecule is CN(C)CCCCNS(=O)(=O)N(C)CCCN. The predicted octanol–water partition coefficient (Wildman–Crippen LogP) is -0.557. The van der Waals surface area contributed by atoms with Crippen LogP contribution in [0.1, 0.15) is 19.3 Å². The molecule has 7 heteroatoms. The van der Waals surface area contributed by atoms with Crippen LogP contribution in [0.2, 0.25) is 0 Å². The summed E-state index contributed by atoms with van der Waals surface area (Å²) in [5, 5.41) is 0. The van der Waals surface area contributed by atoms with Gasteiger partial charge in [-0.05, 0) is 46.4 Å². The van der Waals surface area contributed by atoms with Crippen molar-refractivity contribution in [1.82, 2.24) is 13.9 Å². The summed E-state index contributed by atoms with van der Waals surface area (Å²) in [5.41, 5.74) is 5.34. The number of nitrogens with one attached hydrogen (secondary N) is 1. The van der Waals surface area contributed by atoms with Crippen LogP contribution in [0.5, 0.6) is 0 Å². The van der Waals surface area contributed by atoms with Crippen molar-refractivity contribution in [2.75, 3.05) is 47.3 Å². The lowest BCUT2D eigenvalue weighted by Gasteiger charge is -2.17. The Hall–Kier alpha value is -0.210. The summed E-state index contributed by atoms with van der Waals surface area (Å²) in [6.07, 6.45) is 2.52. The largest absolute Gasteiger partial charge is 0.330 e. The van der Waals surface area contributed by atoms with E-state index in [2.05, 4.69) is 9.62 Å². The normalized spacial score (nSPS) is 12.6. The van der Waals surface area contributed by atoms with E-state index in [1.165, 1.54) is 4.31 Å². The van der Waals surface area contributed by atoms with E-state index in [1.54, 1.807) is 7.05 Å². The molecular weight excluding hydrogens is 240 g/mol. The minimum atomic E-state index is -3.32. The fourth-order valence-corrected chi connectivity index (χ4v) is 2.29. The molecule has 0 atom stereocenters. The van der Waals surface area contributed by atoms with Crippen LogP contribution >= 0.6 is 0 Å². The number of unbranched alkanes of at least 4 members (excludes halogenated alkanes) is 1. The Kier molecular flexibility index (Phi) is 8.71. The van der Waals surface area contributed by atoms with Gasteiger partial charge >= 0.3 is 0 Å². The lowest BCUT2D eigenvalue weighted by atomic mass is 10.3. The van der Waals surface area contributed by atoms with E-state index in [1.807, 2.05) is 14.1 Å². The first-order valence-electron chi connectivity index (χ1n) is 5.96. The summed E-state index contributed by atoms with van der Waals surface area (Å²) >= 11 is 0. The Morgan fingerprint density at radius 1 is 1.06 bits per heavy atom. The van der Waals surface area contributed by atoms with E-state index in [0.717, 1.165) is 19.4 Å². The summed E-state index contributed by atoms with van der Waals surface area (Å²) in [5.74, 6) is 0. The molecule has 0 unspecified atom stereocenters. The molecule has 0 saturated heterocycles. The Bertz CT molecular complexity index is 280. The summed E-state index contributed by atoms with van der Waals surface area (Å²) in [7, 11) is 2.26. The van der Waals surface area contributed by atoms with Crippen LogP contribution in [0.3, 0.4) is 0 Å². The van der Waals surface area contributed by atoms with Gasteiger partial charge in [-0.25, -0.2) is 4.72 Å². The highest BCUT2D eigenvalue weighted by Crippen LogP contribution is 1.96. The first kappa shape index (κ1) is 16.8. The highest BCUT2D eigenvalue weighted by Gasteiger charge is 2.15. The monoisotopic (exact) mass is 266 g/mol. The standard InChI is InChI=1S/C10H26N4O2S/c1-13(2)9-5-4-8-12-17(15,16)14(3)10-6-7-11/h12H,4-11H2,1-3H3. The molecule has 104 valence electrons.